The number of hydrogen-bond acceptors (Lipinski definition) is 2. The van der Waals surface area contributed by atoms with Crippen molar-refractivity contribution in [3.63, 3.8) is 0 Å². The predicted octanol–water partition coefficient (Wildman–Crippen LogP) is 3.18. The van der Waals surface area contributed by atoms with Gasteiger partial charge in [-0.2, -0.15) is 0 Å². The predicted molar refractivity (Wildman–Crippen MR) is 77.5 cm³/mol. The summed E-state index contributed by atoms with van der Waals surface area (Å²) in [7, 11) is 0. The van der Waals surface area contributed by atoms with Crippen molar-refractivity contribution < 1.29 is 9.13 Å². The van der Waals surface area contributed by atoms with Crippen LogP contribution in [0.1, 0.15) is 22.6 Å². The van der Waals surface area contributed by atoms with Gasteiger partial charge < -0.3 is 10.5 Å². The molecule has 2 aromatic rings. The fourth-order valence-corrected chi connectivity index (χ4v) is 2.83. The molecule has 2 atom stereocenters. The normalized spacial score (nSPS) is 18.4. The van der Waals surface area contributed by atoms with Gasteiger partial charge in [-0.05, 0) is 42.7 Å². The maximum absolute atomic E-state index is 13.1. The van der Waals surface area contributed by atoms with Gasteiger partial charge in [-0.3, -0.25) is 0 Å². The standard InChI is InChI=1S/C17H18FNO/c1-11-8-13(18)7-6-12(11)9-16(19)15-10-20-17-5-3-2-4-14(15)17/h2-8,15-16H,9-10,19H2,1H3. The first-order chi connectivity index (χ1) is 9.65. The van der Waals surface area contributed by atoms with Crippen LogP contribution in [0.5, 0.6) is 5.75 Å². The van der Waals surface area contributed by atoms with Crippen molar-refractivity contribution in [2.75, 3.05) is 6.61 Å². The first-order valence-electron chi connectivity index (χ1n) is 6.87. The second-order valence-electron chi connectivity index (χ2n) is 5.39. The Hall–Kier alpha value is -1.87. The van der Waals surface area contributed by atoms with Crippen LogP contribution in [0.25, 0.3) is 0 Å². The minimum Gasteiger partial charge on any atom is -0.493 e. The van der Waals surface area contributed by atoms with E-state index in [1.54, 1.807) is 6.07 Å². The van der Waals surface area contributed by atoms with Crippen LogP contribution in [-0.4, -0.2) is 12.6 Å². The van der Waals surface area contributed by atoms with E-state index in [0.717, 1.165) is 23.3 Å². The van der Waals surface area contributed by atoms with Gasteiger partial charge in [0.15, 0.2) is 0 Å². The van der Waals surface area contributed by atoms with E-state index < -0.39 is 0 Å². The van der Waals surface area contributed by atoms with Crippen molar-refractivity contribution in [3.05, 3.63) is 65.0 Å². The van der Waals surface area contributed by atoms with E-state index >= 15 is 0 Å². The summed E-state index contributed by atoms with van der Waals surface area (Å²) in [6, 6.07) is 12.9. The number of nitrogens with two attached hydrogens (primary N) is 1. The number of halogens is 1. The van der Waals surface area contributed by atoms with Gasteiger partial charge in [0.2, 0.25) is 0 Å². The topological polar surface area (TPSA) is 35.2 Å². The van der Waals surface area contributed by atoms with E-state index in [9.17, 15) is 4.39 Å². The SMILES string of the molecule is Cc1cc(F)ccc1CC(N)C1COc2ccccc21. The summed E-state index contributed by atoms with van der Waals surface area (Å²) in [5.74, 6) is 0.939. The van der Waals surface area contributed by atoms with Crippen LogP contribution >= 0.6 is 0 Å². The molecular formula is C17H18FNO. The molecule has 2 unspecified atom stereocenters. The monoisotopic (exact) mass is 271 g/mol. The smallest absolute Gasteiger partial charge is 0.123 e. The van der Waals surface area contributed by atoms with Crippen LogP contribution in [-0.2, 0) is 6.42 Å². The maximum Gasteiger partial charge on any atom is 0.123 e. The minimum atomic E-state index is -0.200. The molecule has 3 rings (SSSR count). The molecule has 2 aromatic carbocycles. The minimum absolute atomic E-state index is 0.0252. The Kier molecular flexibility index (Phi) is 3.45. The maximum atomic E-state index is 13.1. The lowest BCUT2D eigenvalue weighted by atomic mass is 9.88. The summed E-state index contributed by atoms with van der Waals surface area (Å²) < 4.78 is 18.8. The van der Waals surface area contributed by atoms with E-state index in [2.05, 4.69) is 6.07 Å². The Morgan fingerprint density at radius 1 is 1.30 bits per heavy atom. The number of rotatable bonds is 3. The van der Waals surface area contributed by atoms with Gasteiger partial charge in [-0.25, -0.2) is 4.39 Å². The van der Waals surface area contributed by atoms with E-state index in [1.165, 1.54) is 11.6 Å². The number of benzene rings is 2. The zero-order chi connectivity index (χ0) is 14.1. The molecule has 3 heteroatoms. The van der Waals surface area contributed by atoms with E-state index in [0.29, 0.717) is 6.61 Å². The highest BCUT2D eigenvalue weighted by atomic mass is 19.1. The Bertz CT molecular complexity index is 626. The molecule has 20 heavy (non-hydrogen) atoms. The van der Waals surface area contributed by atoms with Crippen LogP contribution in [0.2, 0.25) is 0 Å². The third-order valence-corrected chi connectivity index (χ3v) is 4.01. The summed E-state index contributed by atoms with van der Waals surface area (Å²) in [5.41, 5.74) is 9.59. The molecule has 0 saturated carbocycles. The highest BCUT2D eigenvalue weighted by Gasteiger charge is 2.29. The van der Waals surface area contributed by atoms with E-state index in [-0.39, 0.29) is 17.8 Å². The van der Waals surface area contributed by atoms with Crippen molar-refractivity contribution >= 4 is 0 Å². The fraction of sp³-hybridized carbons (Fsp3) is 0.294. The highest BCUT2D eigenvalue weighted by molar-refractivity contribution is 5.41. The largest absolute Gasteiger partial charge is 0.493 e. The van der Waals surface area contributed by atoms with Crippen LogP contribution in [0.4, 0.5) is 4.39 Å². The van der Waals surface area contributed by atoms with Gasteiger partial charge in [0.1, 0.15) is 11.6 Å². The molecule has 0 radical (unpaired) electrons. The number of hydrogen-bond donors (Lipinski definition) is 1. The Labute approximate surface area is 118 Å². The van der Waals surface area contributed by atoms with Crippen molar-refractivity contribution in [2.24, 2.45) is 5.73 Å². The van der Waals surface area contributed by atoms with Crippen molar-refractivity contribution in [1.29, 1.82) is 0 Å². The van der Waals surface area contributed by atoms with Crippen LogP contribution in [0, 0.1) is 12.7 Å². The summed E-state index contributed by atoms with van der Waals surface area (Å²) in [6.45, 7) is 2.55. The summed E-state index contributed by atoms with van der Waals surface area (Å²) in [6.07, 6.45) is 0.731. The van der Waals surface area contributed by atoms with Crippen molar-refractivity contribution in [3.8, 4) is 5.75 Å². The lowest BCUT2D eigenvalue weighted by molar-refractivity contribution is 0.313. The molecule has 2 nitrogen and oxygen atoms in total. The van der Waals surface area contributed by atoms with Gasteiger partial charge >= 0.3 is 0 Å². The Morgan fingerprint density at radius 3 is 2.90 bits per heavy atom. The Morgan fingerprint density at radius 2 is 2.10 bits per heavy atom. The number of aryl methyl sites for hydroxylation is 1. The molecule has 1 aliphatic heterocycles. The molecule has 0 aromatic heterocycles. The van der Waals surface area contributed by atoms with Crippen LogP contribution in [0.15, 0.2) is 42.5 Å². The number of ether oxygens (including phenoxy) is 1. The first kappa shape index (κ1) is 13.1. The molecule has 1 heterocycles. The average molecular weight is 271 g/mol. The van der Waals surface area contributed by atoms with Gasteiger partial charge in [0.25, 0.3) is 0 Å². The molecule has 104 valence electrons. The third kappa shape index (κ3) is 2.41. The number of para-hydroxylation sites is 1. The molecular weight excluding hydrogens is 253 g/mol. The van der Waals surface area contributed by atoms with Gasteiger partial charge in [-0.1, -0.05) is 24.3 Å². The summed E-state index contributed by atoms with van der Waals surface area (Å²) in [5, 5.41) is 0. The molecule has 0 bridgehead atoms. The molecule has 0 fully saturated rings. The lowest BCUT2D eigenvalue weighted by Crippen LogP contribution is -2.32. The zero-order valence-corrected chi connectivity index (χ0v) is 11.5. The van der Waals surface area contributed by atoms with E-state index in [1.807, 2.05) is 31.2 Å². The van der Waals surface area contributed by atoms with Crippen molar-refractivity contribution in [1.82, 2.24) is 0 Å². The highest BCUT2D eigenvalue weighted by Crippen LogP contribution is 2.35. The average Bonchev–Trinajstić information content (AvgIpc) is 2.86. The molecule has 2 N–H and O–H groups in total. The zero-order valence-electron chi connectivity index (χ0n) is 11.5. The molecule has 0 aliphatic carbocycles. The number of fused-ring (bicyclic) bond motifs is 1. The summed E-state index contributed by atoms with van der Waals surface area (Å²) in [4.78, 5) is 0. The fourth-order valence-electron chi connectivity index (χ4n) is 2.83. The van der Waals surface area contributed by atoms with Gasteiger partial charge in [-0.15, -0.1) is 0 Å². The Balaban J connectivity index is 1.79. The van der Waals surface area contributed by atoms with Crippen LogP contribution < -0.4 is 10.5 Å². The van der Waals surface area contributed by atoms with Crippen molar-refractivity contribution in [2.45, 2.75) is 25.3 Å². The molecule has 0 spiro atoms. The first-order valence-corrected chi connectivity index (χ1v) is 6.87. The quantitative estimate of drug-likeness (QED) is 0.930. The molecule has 0 saturated heterocycles. The lowest BCUT2D eigenvalue weighted by Gasteiger charge is -2.19. The third-order valence-electron chi connectivity index (χ3n) is 4.01. The van der Waals surface area contributed by atoms with Gasteiger partial charge in [0.05, 0.1) is 6.61 Å². The summed E-state index contributed by atoms with van der Waals surface area (Å²) >= 11 is 0. The molecule has 0 amide bonds. The second kappa shape index (κ2) is 5.25. The second-order valence-corrected chi connectivity index (χ2v) is 5.39. The van der Waals surface area contributed by atoms with Gasteiger partial charge in [0, 0.05) is 17.5 Å². The van der Waals surface area contributed by atoms with E-state index in [4.69, 9.17) is 10.5 Å². The molecule has 1 aliphatic rings. The van der Waals surface area contributed by atoms with Crippen LogP contribution in [0.3, 0.4) is 0 Å².